The normalized spacial score (nSPS) is 9.84. The number of hydrogen-bond donors (Lipinski definition) is 1. The molecule has 0 saturated heterocycles. The summed E-state index contributed by atoms with van der Waals surface area (Å²) in [6, 6.07) is 3.03. The van der Waals surface area contributed by atoms with Crippen LogP contribution >= 0.6 is 0 Å². The van der Waals surface area contributed by atoms with Gasteiger partial charge in [-0.3, -0.25) is 4.98 Å². The van der Waals surface area contributed by atoms with E-state index in [2.05, 4.69) is 15.0 Å². The molecule has 1 N–H and O–H groups in total. The first-order chi connectivity index (χ1) is 9.12. The number of nitrogens with zero attached hydrogens (tertiary/aromatic N) is 2. The maximum atomic E-state index is 11.7. The highest BCUT2D eigenvalue weighted by atomic mass is 16.5. The highest BCUT2D eigenvalue weighted by Crippen LogP contribution is 2.03. The minimum absolute atomic E-state index is 0.143. The van der Waals surface area contributed by atoms with Gasteiger partial charge in [0, 0.05) is 19.3 Å². The van der Waals surface area contributed by atoms with E-state index in [9.17, 15) is 9.59 Å². The Labute approximate surface area is 112 Å². The molecule has 1 heterocycles. The fourth-order valence-electron chi connectivity index (χ4n) is 1.61. The maximum absolute atomic E-state index is 11.7. The number of hydrogen-bond acceptors (Lipinski definition) is 4. The van der Waals surface area contributed by atoms with E-state index >= 15 is 0 Å². The lowest BCUT2D eigenvalue weighted by Gasteiger charge is -2.19. The van der Waals surface area contributed by atoms with E-state index in [0.717, 1.165) is 0 Å². The van der Waals surface area contributed by atoms with Crippen molar-refractivity contribution < 1.29 is 14.3 Å². The van der Waals surface area contributed by atoms with Gasteiger partial charge in [-0.25, -0.2) is 9.59 Å². The number of urea groups is 1. The SMILES string of the molecule is CCN(CC)C(=O)NCc1cc(C(=O)OC)ccn1. The second kappa shape index (κ2) is 7.35. The van der Waals surface area contributed by atoms with Gasteiger partial charge in [-0.15, -0.1) is 0 Å². The van der Waals surface area contributed by atoms with Gasteiger partial charge in [-0.1, -0.05) is 0 Å². The van der Waals surface area contributed by atoms with E-state index in [1.807, 2.05) is 13.8 Å². The number of amides is 2. The first-order valence-corrected chi connectivity index (χ1v) is 6.18. The van der Waals surface area contributed by atoms with Gasteiger partial charge in [-0.2, -0.15) is 0 Å². The lowest BCUT2D eigenvalue weighted by atomic mass is 10.2. The summed E-state index contributed by atoms with van der Waals surface area (Å²) >= 11 is 0. The number of methoxy groups -OCH3 is 1. The largest absolute Gasteiger partial charge is 0.465 e. The lowest BCUT2D eigenvalue weighted by Crippen LogP contribution is -2.39. The molecule has 1 aromatic heterocycles. The molecule has 104 valence electrons. The molecule has 0 spiro atoms. The smallest absolute Gasteiger partial charge is 0.337 e. The molecule has 1 aromatic rings. The van der Waals surface area contributed by atoms with Gasteiger partial charge in [0.15, 0.2) is 0 Å². The molecule has 0 aromatic carbocycles. The van der Waals surface area contributed by atoms with Crippen LogP contribution in [0.3, 0.4) is 0 Å². The predicted octanol–water partition coefficient (Wildman–Crippen LogP) is 1.42. The molecule has 6 heteroatoms. The minimum Gasteiger partial charge on any atom is -0.465 e. The molecule has 0 radical (unpaired) electrons. The van der Waals surface area contributed by atoms with Crippen molar-refractivity contribution in [3.05, 3.63) is 29.6 Å². The van der Waals surface area contributed by atoms with Gasteiger partial charge in [0.2, 0.25) is 0 Å². The zero-order valence-corrected chi connectivity index (χ0v) is 11.5. The fourth-order valence-corrected chi connectivity index (χ4v) is 1.61. The molecule has 0 unspecified atom stereocenters. The molecule has 0 fully saturated rings. The summed E-state index contributed by atoms with van der Waals surface area (Å²) in [5.74, 6) is -0.418. The van der Waals surface area contributed by atoms with Crippen molar-refractivity contribution in [3.63, 3.8) is 0 Å². The van der Waals surface area contributed by atoms with E-state index in [1.54, 1.807) is 17.0 Å². The maximum Gasteiger partial charge on any atom is 0.337 e. The van der Waals surface area contributed by atoms with E-state index in [0.29, 0.717) is 24.3 Å². The first-order valence-electron chi connectivity index (χ1n) is 6.18. The van der Waals surface area contributed by atoms with Gasteiger partial charge in [-0.05, 0) is 26.0 Å². The molecule has 19 heavy (non-hydrogen) atoms. The Bertz CT molecular complexity index is 445. The van der Waals surface area contributed by atoms with Crippen LogP contribution in [0, 0.1) is 0 Å². The van der Waals surface area contributed by atoms with Crippen LogP contribution in [0.15, 0.2) is 18.3 Å². The van der Waals surface area contributed by atoms with Crippen molar-refractivity contribution in [3.8, 4) is 0 Å². The van der Waals surface area contributed by atoms with Crippen molar-refractivity contribution >= 4 is 12.0 Å². The van der Waals surface area contributed by atoms with E-state index < -0.39 is 5.97 Å². The van der Waals surface area contributed by atoms with Crippen LogP contribution in [0.2, 0.25) is 0 Å². The number of ether oxygens (including phenoxy) is 1. The second-order valence-electron chi connectivity index (χ2n) is 3.86. The quantitative estimate of drug-likeness (QED) is 0.817. The van der Waals surface area contributed by atoms with Crippen LogP contribution in [0.1, 0.15) is 29.9 Å². The highest BCUT2D eigenvalue weighted by molar-refractivity contribution is 5.89. The van der Waals surface area contributed by atoms with E-state index in [1.165, 1.54) is 13.3 Å². The number of esters is 1. The third-order valence-electron chi connectivity index (χ3n) is 2.71. The molecule has 0 saturated carbocycles. The third-order valence-corrected chi connectivity index (χ3v) is 2.71. The summed E-state index contributed by atoms with van der Waals surface area (Å²) in [5, 5.41) is 2.76. The summed E-state index contributed by atoms with van der Waals surface area (Å²) in [6.45, 7) is 5.41. The molecule has 2 amide bonds. The number of carbonyl (C=O) groups is 2. The predicted molar refractivity (Wildman–Crippen MR) is 70.7 cm³/mol. The van der Waals surface area contributed by atoms with Crippen LogP contribution in [0.5, 0.6) is 0 Å². The second-order valence-corrected chi connectivity index (χ2v) is 3.86. The molecule has 0 aliphatic carbocycles. The summed E-state index contributed by atoms with van der Waals surface area (Å²) in [7, 11) is 1.32. The molecule has 0 aliphatic heterocycles. The molecule has 1 rings (SSSR count). The van der Waals surface area contributed by atoms with Gasteiger partial charge in [0.05, 0.1) is 24.9 Å². The van der Waals surface area contributed by atoms with Crippen molar-refractivity contribution in [2.75, 3.05) is 20.2 Å². The lowest BCUT2D eigenvalue weighted by molar-refractivity contribution is 0.0600. The Morgan fingerprint density at radius 3 is 2.63 bits per heavy atom. The van der Waals surface area contributed by atoms with Crippen LogP contribution in [-0.2, 0) is 11.3 Å². The molecule has 0 aliphatic rings. The topological polar surface area (TPSA) is 71.5 Å². The van der Waals surface area contributed by atoms with E-state index in [-0.39, 0.29) is 12.6 Å². The van der Waals surface area contributed by atoms with E-state index in [4.69, 9.17) is 0 Å². The Morgan fingerprint density at radius 2 is 2.05 bits per heavy atom. The Balaban J connectivity index is 2.63. The monoisotopic (exact) mass is 265 g/mol. The van der Waals surface area contributed by atoms with Gasteiger partial charge < -0.3 is 15.0 Å². The molecular formula is C13H19N3O3. The van der Waals surface area contributed by atoms with Crippen LogP contribution in [-0.4, -0.2) is 42.1 Å². The van der Waals surface area contributed by atoms with Crippen molar-refractivity contribution in [2.24, 2.45) is 0 Å². The summed E-state index contributed by atoms with van der Waals surface area (Å²) in [4.78, 5) is 28.9. The minimum atomic E-state index is -0.418. The zero-order chi connectivity index (χ0) is 14.3. The Hall–Kier alpha value is -2.11. The number of aromatic nitrogens is 1. The van der Waals surface area contributed by atoms with Gasteiger partial charge in [0.25, 0.3) is 0 Å². The standard InChI is InChI=1S/C13H19N3O3/c1-4-16(5-2)13(18)15-9-11-8-10(6-7-14-11)12(17)19-3/h6-8H,4-5,9H2,1-3H3,(H,15,18). The average Bonchev–Trinajstić information content (AvgIpc) is 2.45. The third kappa shape index (κ3) is 4.24. The van der Waals surface area contributed by atoms with Crippen LogP contribution in [0.25, 0.3) is 0 Å². The number of rotatable bonds is 5. The van der Waals surface area contributed by atoms with Gasteiger partial charge >= 0.3 is 12.0 Å². The summed E-state index contributed by atoms with van der Waals surface area (Å²) in [6.07, 6.45) is 1.52. The molecular weight excluding hydrogens is 246 g/mol. The van der Waals surface area contributed by atoms with Crippen molar-refractivity contribution in [1.82, 2.24) is 15.2 Å². The number of pyridine rings is 1. The summed E-state index contributed by atoms with van der Waals surface area (Å²) in [5.41, 5.74) is 1.04. The summed E-state index contributed by atoms with van der Waals surface area (Å²) < 4.78 is 4.63. The van der Waals surface area contributed by atoms with Crippen molar-refractivity contribution in [2.45, 2.75) is 20.4 Å². The van der Waals surface area contributed by atoms with Crippen LogP contribution in [0.4, 0.5) is 4.79 Å². The van der Waals surface area contributed by atoms with Crippen LogP contribution < -0.4 is 5.32 Å². The van der Waals surface area contributed by atoms with Gasteiger partial charge in [0.1, 0.15) is 0 Å². The fraction of sp³-hybridized carbons (Fsp3) is 0.462. The van der Waals surface area contributed by atoms with Crippen molar-refractivity contribution in [1.29, 1.82) is 0 Å². The number of carbonyl (C=O) groups excluding carboxylic acids is 2. The zero-order valence-electron chi connectivity index (χ0n) is 11.5. The number of nitrogens with one attached hydrogen (secondary N) is 1. The molecule has 0 atom stereocenters. The molecule has 0 bridgehead atoms. The Kier molecular flexibility index (Phi) is 5.78. The average molecular weight is 265 g/mol. The first kappa shape index (κ1) is 14.9. The Morgan fingerprint density at radius 1 is 1.37 bits per heavy atom. The molecule has 6 nitrogen and oxygen atoms in total. The highest BCUT2D eigenvalue weighted by Gasteiger charge is 2.10.